The first-order valence-corrected chi connectivity index (χ1v) is 6.26. The predicted octanol–water partition coefficient (Wildman–Crippen LogP) is 2.47. The van der Waals surface area contributed by atoms with Gasteiger partial charge in [0.15, 0.2) is 0 Å². The van der Waals surface area contributed by atoms with Crippen LogP contribution < -0.4 is 5.32 Å². The Morgan fingerprint density at radius 3 is 2.69 bits per heavy atom. The summed E-state index contributed by atoms with van der Waals surface area (Å²) in [5.74, 6) is 0.600. The van der Waals surface area contributed by atoms with E-state index in [0.29, 0.717) is 12.0 Å². The van der Waals surface area contributed by atoms with Crippen molar-refractivity contribution in [3.8, 4) is 0 Å². The average Bonchev–Trinajstić information content (AvgIpc) is 2.00. The van der Waals surface area contributed by atoms with Crippen LogP contribution in [-0.4, -0.2) is 17.3 Å². The third-order valence-corrected chi connectivity index (χ3v) is 3.23. The molecule has 1 fully saturated rings. The van der Waals surface area contributed by atoms with Gasteiger partial charge in [0.05, 0.1) is 0 Å². The zero-order valence-corrected chi connectivity index (χ0v) is 9.77. The van der Waals surface area contributed by atoms with Crippen molar-refractivity contribution in [3.63, 3.8) is 0 Å². The van der Waals surface area contributed by atoms with Gasteiger partial charge in [0.1, 0.15) is 0 Å². The molecule has 0 heterocycles. The van der Waals surface area contributed by atoms with Gasteiger partial charge in [-0.1, -0.05) is 29.3 Å². The summed E-state index contributed by atoms with van der Waals surface area (Å²) < 4.78 is 0. The minimum Gasteiger partial charge on any atom is -0.353 e. The second-order valence-electron chi connectivity index (χ2n) is 3.72. The van der Waals surface area contributed by atoms with E-state index in [2.05, 4.69) is 28.2 Å². The molecule has 0 aromatic heterocycles. The van der Waals surface area contributed by atoms with E-state index >= 15 is 0 Å². The summed E-state index contributed by atoms with van der Waals surface area (Å²) in [6, 6.07) is 0.368. The Morgan fingerprint density at radius 2 is 2.31 bits per heavy atom. The van der Waals surface area contributed by atoms with E-state index < -0.39 is 0 Å². The summed E-state index contributed by atoms with van der Waals surface area (Å²) in [5.41, 5.74) is 0. The Morgan fingerprint density at radius 1 is 1.62 bits per heavy atom. The molecule has 0 spiro atoms. The summed E-state index contributed by atoms with van der Waals surface area (Å²) in [5, 5.41) is 4.07. The smallest absolute Gasteiger partial charge is 0.223 e. The molecule has 1 atom stereocenters. The molecule has 1 amide bonds. The fourth-order valence-electron chi connectivity index (χ4n) is 1.50. The first-order chi connectivity index (χ1) is 6.27. The van der Waals surface area contributed by atoms with Crippen LogP contribution in [0.2, 0.25) is 0 Å². The number of carbonyl (C=O) groups excluding carboxylic acids is 1. The molecule has 0 bridgehead atoms. The Balaban J connectivity index is 2.23. The number of nitrogens with one attached hydrogen (secondary N) is 1. The van der Waals surface area contributed by atoms with Gasteiger partial charge in [-0.25, -0.2) is 0 Å². The molecule has 2 nitrogen and oxygen atoms in total. The monoisotopic (exact) mass is 247 g/mol. The zero-order chi connectivity index (χ0) is 9.68. The standard InChI is InChI=1S/C10H18BrNO/c1-2-9(6-7-11)12-10(13)8-4-3-5-8/h8-9H,2-7H2,1H3,(H,12,13). The van der Waals surface area contributed by atoms with Gasteiger partial charge in [0.2, 0.25) is 5.91 Å². The number of amides is 1. The lowest BCUT2D eigenvalue weighted by molar-refractivity contribution is -0.128. The lowest BCUT2D eigenvalue weighted by atomic mass is 9.84. The van der Waals surface area contributed by atoms with Gasteiger partial charge < -0.3 is 5.32 Å². The second-order valence-corrected chi connectivity index (χ2v) is 4.51. The van der Waals surface area contributed by atoms with E-state index in [4.69, 9.17) is 0 Å². The molecule has 1 unspecified atom stereocenters. The summed E-state index contributed by atoms with van der Waals surface area (Å²) in [4.78, 5) is 11.5. The van der Waals surface area contributed by atoms with Crippen molar-refractivity contribution < 1.29 is 4.79 Å². The molecule has 13 heavy (non-hydrogen) atoms. The number of rotatable bonds is 5. The van der Waals surface area contributed by atoms with Crippen LogP contribution in [0.1, 0.15) is 39.0 Å². The molecule has 0 radical (unpaired) electrons. The number of alkyl halides is 1. The molecule has 1 rings (SSSR count). The number of carbonyl (C=O) groups is 1. The fourth-order valence-corrected chi connectivity index (χ4v) is 2.05. The average molecular weight is 248 g/mol. The number of halogens is 1. The highest BCUT2D eigenvalue weighted by atomic mass is 79.9. The molecule has 1 aliphatic carbocycles. The first-order valence-electron chi connectivity index (χ1n) is 5.14. The molecule has 76 valence electrons. The van der Waals surface area contributed by atoms with Gasteiger partial charge in [-0.15, -0.1) is 0 Å². The maximum atomic E-state index is 11.5. The molecule has 1 N–H and O–H groups in total. The maximum Gasteiger partial charge on any atom is 0.223 e. The Hall–Kier alpha value is -0.0500. The molecule has 3 heteroatoms. The van der Waals surface area contributed by atoms with Gasteiger partial charge in [-0.05, 0) is 25.7 Å². The van der Waals surface area contributed by atoms with E-state index in [1.807, 2.05) is 0 Å². The van der Waals surface area contributed by atoms with E-state index in [1.54, 1.807) is 0 Å². The topological polar surface area (TPSA) is 29.1 Å². The van der Waals surface area contributed by atoms with Crippen LogP contribution in [-0.2, 0) is 4.79 Å². The van der Waals surface area contributed by atoms with Gasteiger partial charge in [0.25, 0.3) is 0 Å². The van der Waals surface area contributed by atoms with Crippen molar-refractivity contribution in [1.82, 2.24) is 5.32 Å². The van der Waals surface area contributed by atoms with Crippen LogP contribution >= 0.6 is 15.9 Å². The van der Waals surface area contributed by atoms with Crippen LogP contribution in [0.15, 0.2) is 0 Å². The van der Waals surface area contributed by atoms with Crippen LogP contribution in [0, 0.1) is 5.92 Å². The highest BCUT2D eigenvalue weighted by Crippen LogP contribution is 2.26. The predicted molar refractivity (Wildman–Crippen MR) is 58.0 cm³/mol. The highest BCUT2D eigenvalue weighted by molar-refractivity contribution is 9.09. The van der Waals surface area contributed by atoms with Crippen molar-refractivity contribution in [2.45, 2.75) is 45.1 Å². The molecule has 0 saturated heterocycles. The van der Waals surface area contributed by atoms with Crippen LogP contribution in [0.4, 0.5) is 0 Å². The summed E-state index contributed by atoms with van der Waals surface area (Å²) in [6.45, 7) is 2.12. The zero-order valence-electron chi connectivity index (χ0n) is 8.18. The van der Waals surface area contributed by atoms with Crippen molar-refractivity contribution in [2.75, 3.05) is 5.33 Å². The third-order valence-electron chi connectivity index (χ3n) is 2.77. The number of hydrogen-bond acceptors (Lipinski definition) is 1. The van der Waals surface area contributed by atoms with Crippen LogP contribution in [0.25, 0.3) is 0 Å². The highest BCUT2D eigenvalue weighted by Gasteiger charge is 2.26. The fraction of sp³-hybridized carbons (Fsp3) is 0.900. The summed E-state index contributed by atoms with van der Waals surface area (Å²) in [7, 11) is 0. The number of hydrogen-bond donors (Lipinski definition) is 1. The largest absolute Gasteiger partial charge is 0.353 e. The second kappa shape index (κ2) is 5.63. The minimum absolute atomic E-state index is 0.277. The van der Waals surface area contributed by atoms with Gasteiger partial charge in [0, 0.05) is 17.3 Å². The Labute approximate surface area is 88.6 Å². The quantitative estimate of drug-likeness (QED) is 0.744. The third kappa shape index (κ3) is 3.29. The Bertz CT molecular complexity index is 168. The molecule has 1 aliphatic rings. The molecular formula is C10H18BrNO. The maximum absolute atomic E-state index is 11.5. The van der Waals surface area contributed by atoms with E-state index in [0.717, 1.165) is 31.0 Å². The van der Waals surface area contributed by atoms with Crippen LogP contribution in [0.5, 0.6) is 0 Å². The van der Waals surface area contributed by atoms with Crippen molar-refractivity contribution in [2.24, 2.45) is 5.92 Å². The normalized spacial score (nSPS) is 19.2. The van der Waals surface area contributed by atoms with Gasteiger partial charge >= 0.3 is 0 Å². The van der Waals surface area contributed by atoms with Crippen LogP contribution in [0.3, 0.4) is 0 Å². The van der Waals surface area contributed by atoms with Gasteiger partial charge in [-0.2, -0.15) is 0 Å². The molecule has 0 aromatic rings. The molecule has 1 saturated carbocycles. The minimum atomic E-state index is 0.277. The molecule has 0 aromatic carbocycles. The van der Waals surface area contributed by atoms with Crippen molar-refractivity contribution in [1.29, 1.82) is 0 Å². The molecule has 0 aliphatic heterocycles. The summed E-state index contributed by atoms with van der Waals surface area (Å²) in [6.07, 6.45) is 5.49. The van der Waals surface area contributed by atoms with Gasteiger partial charge in [-0.3, -0.25) is 4.79 Å². The van der Waals surface area contributed by atoms with Crippen molar-refractivity contribution >= 4 is 21.8 Å². The Kier molecular flexibility index (Phi) is 4.78. The van der Waals surface area contributed by atoms with E-state index in [9.17, 15) is 4.79 Å². The van der Waals surface area contributed by atoms with Crippen molar-refractivity contribution in [3.05, 3.63) is 0 Å². The summed E-state index contributed by atoms with van der Waals surface area (Å²) >= 11 is 3.40. The van der Waals surface area contributed by atoms with E-state index in [1.165, 1.54) is 6.42 Å². The lowest BCUT2D eigenvalue weighted by Crippen LogP contribution is -2.40. The first kappa shape index (κ1) is 11.0. The SMILES string of the molecule is CCC(CCBr)NC(=O)C1CCC1. The van der Waals surface area contributed by atoms with E-state index in [-0.39, 0.29) is 5.91 Å². The molecular weight excluding hydrogens is 230 g/mol. The lowest BCUT2D eigenvalue weighted by Gasteiger charge is -2.26.